The third-order valence-corrected chi connectivity index (χ3v) is 6.21. The van der Waals surface area contributed by atoms with E-state index in [0.29, 0.717) is 13.1 Å². The molecular formula is C31H45N3O4. The summed E-state index contributed by atoms with van der Waals surface area (Å²) in [6, 6.07) is 15.8. The second kappa shape index (κ2) is 14.6. The highest BCUT2D eigenvalue weighted by molar-refractivity contribution is 5.92. The molecule has 7 heteroatoms. The highest BCUT2D eigenvalue weighted by atomic mass is 16.6. The van der Waals surface area contributed by atoms with Crippen LogP contribution in [0.4, 0.5) is 4.79 Å². The standard InChI is InChI=1S/C31H45N3O4/c1-8-10-20-34(29(36)26(22(3)4)33-30(37)38-31(5,6)7)27(25-18-16-23(9-2)17-19-25)28(35)32-21-24-14-12-11-13-15-24/h11-19,22,26-27H,8-10,20-21H2,1-7H3,(H,32,35)(H,33,37). The molecule has 2 aromatic rings. The van der Waals surface area contributed by atoms with E-state index in [1.54, 1.807) is 25.7 Å². The summed E-state index contributed by atoms with van der Waals surface area (Å²) < 4.78 is 5.43. The fourth-order valence-electron chi connectivity index (χ4n) is 4.11. The Balaban J connectivity index is 2.44. The molecule has 0 heterocycles. The van der Waals surface area contributed by atoms with Crippen LogP contribution in [0.3, 0.4) is 0 Å². The molecule has 0 aliphatic rings. The van der Waals surface area contributed by atoms with Crippen LogP contribution in [-0.2, 0) is 27.3 Å². The van der Waals surface area contributed by atoms with E-state index in [9.17, 15) is 14.4 Å². The van der Waals surface area contributed by atoms with Gasteiger partial charge >= 0.3 is 6.09 Å². The van der Waals surface area contributed by atoms with Crippen LogP contribution in [0.2, 0.25) is 0 Å². The molecule has 2 atom stereocenters. The zero-order chi connectivity index (χ0) is 28.3. The van der Waals surface area contributed by atoms with Crippen molar-refractivity contribution in [2.24, 2.45) is 5.92 Å². The Morgan fingerprint density at radius 3 is 2.08 bits per heavy atom. The van der Waals surface area contributed by atoms with Gasteiger partial charge < -0.3 is 20.3 Å². The van der Waals surface area contributed by atoms with Crippen LogP contribution in [0.15, 0.2) is 54.6 Å². The van der Waals surface area contributed by atoms with E-state index in [1.807, 2.05) is 75.4 Å². The van der Waals surface area contributed by atoms with Gasteiger partial charge in [-0.25, -0.2) is 4.79 Å². The van der Waals surface area contributed by atoms with Gasteiger partial charge in [0.25, 0.3) is 0 Å². The molecule has 0 saturated heterocycles. The van der Waals surface area contributed by atoms with E-state index in [2.05, 4.69) is 17.6 Å². The first-order valence-electron chi connectivity index (χ1n) is 13.7. The van der Waals surface area contributed by atoms with E-state index in [0.717, 1.165) is 36.0 Å². The number of carbonyl (C=O) groups is 3. The normalized spacial score (nSPS) is 12.9. The Labute approximate surface area is 228 Å². The van der Waals surface area contributed by atoms with Crippen molar-refractivity contribution in [3.63, 3.8) is 0 Å². The van der Waals surface area contributed by atoms with Crippen molar-refractivity contribution in [2.75, 3.05) is 6.54 Å². The van der Waals surface area contributed by atoms with Crippen molar-refractivity contribution in [2.45, 2.75) is 92.0 Å². The Kier molecular flexibility index (Phi) is 11.8. The minimum atomic E-state index is -0.846. The number of benzene rings is 2. The number of nitrogens with one attached hydrogen (secondary N) is 2. The van der Waals surface area contributed by atoms with Crippen LogP contribution in [0.5, 0.6) is 0 Å². The number of nitrogens with zero attached hydrogens (tertiary/aromatic N) is 1. The Morgan fingerprint density at radius 2 is 1.55 bits per heavy atom. The molecule has 2 unspecified atom stereocenters. The SMILES string of the molecule is CCCCN(C(=O)C(NC(=O)OC(C)(C)C)C(C)C)C(C(=O)NCc1ccccc1)c1ccc(CC)cc1. The van der Waals surface area contributed by atoms with Crippen LogP contribution in [0.25, 0.3) is 0 Å². The van der Waals surface area contributed by atoms with Gasteiger partial charge in [0, 0.05) is 13.1 Å². The van der Waals surface area contributed by atoms with Gasteiger partial charge in [-0.05, 0) is 56.2 Å². The molecule has 0 aromatic heterocycles. The Hall–Kier alpha value is -3.35. The first-order valence-corrected chi connectivity index (χ1v) is 13.7. The minimum absolute atomic E-state index is 0.213. The molecule has 2 rings (SSSR count). The number of aryl methyl sites for hydroxylation is 1. The smallest absolute Gasteiger partial charge is 0.408 e. The molecule has 0 radical (unpaired) electrons. The second-order valence-electron chi connectivity index (χ2n) is 11.0. The van der Waals surface area contributed by atoms with Gasteiger partial charge in [0.15, 0.2) is 0 Å². The van der Waals surface area contributed by atoms with Crippen LogP contribution in [-0.4, -0.2) is 41.0 Å². The lowest BCUT2D eigenvalue weighted by Gasteiger charge is -2.35. The first-order chi connectivity index (χ1) is 18.0. The summed E-state index contributed by atoms with van der Waals surface area (Å²) in [7, 11) is 0. The largest absolute Gasteiger partial charge is 0.444 e. The van der Waals surface area contributed by atoms with Gasteiger partial charge in [-0.3, -0.25) is 9.59 Å². The third kappa shape index (κ3) is 9.51. The van der Waals surface area contributed by atoms with Crippen LogP contribution >= 0.6 is 0 Å². The average Bonchev–Trinajstić information content (AvgIpc) is 2.87. The van der Waals surface area contributed by atoms with E-state index < -0.39 is 23.8 Å². The maximum Gasteiger partial charge on any atom is 0.408 e. The van der Waals surface area contributed by atoms with Gasteiger partial charge in [0.2, 0.25) is 11.8 Å². The van der Waals surface area contributed by atoms with Crippen LogP contribution < -0.4 is 10.6 Å². The molecular weight excluding hydrogens is 478 g/mol. The summed E-state index contributed by atoms with van der Waals surface area (Å²) in [4.78, 5) is 42.1. The number of amides is 3. The third-order valence-electron chi connectivity index (χ3n) is 6.21. The zero-order valence-electron chi connectivity index (χ0n) is 24.0. The molecule has 208 valence electrons. The van der Waals surface area contributed by atoms with Crippen molar-refractivity contribution in [1.82, 2.24) is 15.5 Å². The van der Waals surface area contributed by atoms with Gasteiger partial charge in [-0.1, -0.05) is 88.7 Å². The maximum absolute atomic E-state index is 14.1. The molecule has 2 aromatic carbocycles. The van der Waals surface area contributed by atoms with Crippen molar-refractivity contribution < 1.29 is 19.1 Å². The monoisotopic (exact) mass is 523 g/mol. The Morgan fingerprint density at radius 1 is 0.921 bits per heavy atom. The van der Waals surface area contributed by atoms with E-state index in [4.69, 9.17) is 4.74 Å². The van der Waals surface area contributed by atoms with Crippen LogP contribution in [0, 0.1) is 5.92 Å². The number of alkyl carbamates (subject to hydrolysis) is 1. The Bertz CT molecular complexity index is 1030. The number of hydrogen-bond acceptors (Lipinski definition) is 4. The van der Waals surface area contributed by atoms with Gasteiger partial charge in [0.05, 0.1) is 0 Å². The summed E-state index contributed by atoms with van der Waals surface area (Å²) in [6.45, 7) is 13.9. The lowest BCUT2D eigenvalue weighted by Crippen LogP contribution is -2.55. The van der Waals surface area contributed by atoms with Crippen molar-refractivity contribution in [1.29, 1.82) is 0 Å². The highest BCUT2D eigenvalue weighted by Crippen LogP contribution is 2.25. The van der Waals surface area contributed by atoms with Crippen molar-refractivity contribution in [3.8, 4) is 0 Å². The lowest BCUT2D eigenvalue weighted by atomic mass is 9.97. The molecule has 0 fully saturated rings. The fraction of sp³-hybridized carbons (Fsp3) is 0.516. The zero-order valence-corrected chi connectivity index (χ0v) is 24.0. The van der Waals surface area contributed by atoms with Gasteiger partial charge in [-0.2, -0.15) is 0 Å². The fourth-order valence-corrected chi connectivity index (χ4v) is 4.11. The predicted molar refractivity (Wildman–Crippen MR) is 151 cm³/mol. The maximum atomic E-state index is 14.1. The van der Waals surface area contributed by atoms with E-state index >= 15 is 0 Å². The molecule has 0 saturated carbocycles. The number of rotatable bonds is 12. The minimum Gasteiger partial charge on any atom is -0.444 e. The summed E-state index contributed by atoms with van der Waals surface area (Å²) in [5.41, 5.74) is 2.16. The molecule has 0 aliphatic heterocycles. The molecule has 2 N–H and O–H groups in total. The number of hydrogen-bond donors (Lipinski definition) is 2. The molecule has 7 nitrogen and oxygen atoms in total. The molecule has 38 heavy (non-hydrogen) atoms. The van der Waals surface area contributed by atoms with Gasteiger partial charge in [-0.15, -0.1) is 0 Å². The number of unbranched alkanes of at least 4 members (excludes halogenated alkanes) is 1. The summed E-state index contributed by atoms with van der Waals surface area (Å²) >= 11 is 0. The molecule has 3 amide bonds. The summed E-state index contributed by atoms with van der Waals surface area (Å²) in [5.74, 6) is -0.782. The lowest BCUT2D eigenvalue weighted by molar-refractivity contribution is -0.143. The quantitative estimate of drug-likeness (QED) is 0.369. The second-order valence-corrected chi connectivity index (χ2v) is 11.0. The van der Waals surface area contributed by atoms with E-state index in [1.165, 1.54) is 0 Å². The average molecular weight is 524 g/mol. The molecule has 0 aliphatic carbocycles. The van der Waals surface area contributed by atoms with E-state index in [-0.39, 0.29) is 17.7 Å². The first kappa shape index (κ1) is 30.9. The summed E-state index contributed by atoms with van der Waals surface area (Å²) in [5, 5.41) is 5.80. The topological polar surface area (TPSA) is 87.7 Å². The van der Waals surface area contributed by atoms with Crippen molar-refractivity contribution in [3.05, 3.63) is 71.3 Å². The van der Waals surface area contributed by atoms with Crippen molar-refractivity contribution >= 4 is 17.9 Å². The highest BCUT2D eigenvalue weighted by Gasteiger charge is 2.37. The number of carbonyl (C=O) groups excluding carboxylic acids is 3. The molecule has 0 spiro atoms. The van der Waals surface area contributed by atoms with Crippen LogP contribution in [0.1, 0.15) is 84.0 Å². The molecule has 0 bridgehead atoms. The van der Waals surface area contributed by atoms with Gasteiger partial charge in [0.1, 0.15) is 17.7 Å². The number of ether oxygens (including phenoxy) is 1. The predicted octanol–water partition coefficient (Wildman–Crippen LogP) is 5.78. The summed E-state index contributed by atoms with van der Waals surface area (Å²) in [6.07, 6.45) is 1.79.